The van der Waals surface area contributed by atoms with E-state index in [-0.39, 0.29) is 5.97 Å². The Hall–Kier alpha value is -2.10. The van der Waals surface area contributed by atoms with Crippen LogP contribution in [0.15, 0.2) is 30.5 Å². The molecule has 0 aliphatic rings. The van der Waals surface area contributed by atoms with Crippen molar-refractivity contribution >= 4 is 22.9 Å². The van der Waals surface area contributed by atoms with Crippen molar-refractivity contribution in [2.45, 2.75) is 6.42 Å². The van der Waals surface area contributed by atoms with Gasteiger partial charge in [-0.3, -0.25) is 9.48 Å². The van der Waals surface area contributed by atoms with Crippen molar-refractivity contribution in [3.8, 4) is 0 Å². The van der Waals surface area contributed by atoms with Gasteiger partial charge in [-0.05, 0) is 11.6 Å². The second-order valence-corrected chi connectivity index (χ2v) is 3.77. The summed E-state index contributed by atoms with van der Waals surface area (Å²) in [5.41, 5.74) is 2.12. The molecule has 0 saturated carbocycles. The minimum absolute atomic E-state index is 0.233. The molecule has 4 heteroatoms. The maximum Gasteiger partial charge on any atom is 0.309 e. The fourth-order valence-electron chi connectivity index (χ4n) is 1.64. The Labute approximate surface area is 99.5 Å². The van der Waals surface area contributed by atoms with Crippen molar-refractivity contribution in [2.24, 2.45) is 7.05 Å². The molecule has 0 bridgehead atoms. The molecule has 0 saturated heterocycles. The topological polar surface area (TPSA) is 44.1 Å². The standard InChI is InChI=1S/C13H14N2O2/c1-15-12-8-10(4-3-5-13(16)17-2)6-7-11(12)9-14-15/h3-4,6-9H,5H2,1-2H3. The van der Waals surface area contributed by atoms with Gasteiger partial charge in [-0.25, -0.2) is 0 Å². The smallest absolute Gasteiger partial charge is 0.309 e. The van der Waals surface area contributed by atoms with Gasteiger partial charge in [-0.2, -0.15) is 5.10 Å². The van der Waals surface area contributed by atoms with E-state index < -0.39 is 0 Å². The lowest BCUT2D eigenvalue weighted by Crippen LogP contribution is -1.96. The Morgan fingerprint density at radius 1 is 1.53 bits per heavy atom. The minimum atomic E-state index is -0.233. The number of carbonyl (C=O) groups is 1. The maximum atomic E-state index is 10.9. The zero-order valence-electron chi connectivity index (χ0n) is 9.88. The Kier molecular flexibility index (Phi) is 3.23. The minimum Gasteiger partial charge on any atom is -0.469 e. The van der Waals surface area contributed by atoms with Gasteiger partial charge in [0.1, 0.15) is 0 Å². The van der Waals surface area contributed by atoms with Crippen LogP contribution in [-0.4, -0.2) is 22.9 Å². The third kappa shape index (κ3) is 2.53. The second-order valence-electron chi connectivity index (χ2n) is 3.77. The summed E-state index contributed by atoms with van der Waals surface area (Å²) in [6.07, 6.45) is 5.82. The highest BCUT2D eigenvalue weighted by atomic mass is 16.5. The molecule has 4 nitrogen and oxygen atoms in total. The highest BCUT2D eigenvalue weighted by molar-refractivity contribution is 5.81. The third-order valence-corrected chi connectivity index (χ3v) is 2.60. The maximum absolute atomic E-state index is 10.9. The molecule has 1 heterocycles. The third-order valence-electron chi connectivity index (χ3n) is 2.60. The van der Waals surface area contributed by atoms with Gasteiger partial charge in [0.05, 0.1) is 25.2 Å². The van der Waals surface area contributed by atoms with E-state index in [1.54, 1.807) is 6.08 Å². The molecule has 2 aromatic rings. The predicted molar refractivity (Wildman–Crippen MR) is 66.4 cm³/mol. The van der Waals surface area contributed by atoms with Crippen LogP contribution in [-0.2, 0) is 16.6 Å². The number of fused-ring (bicyclic) bond motifs is 1. The van der Waals surface area contributed by atoms with E-state index in [9.17, 15) is 4.79 Å². The van der Waals surface area contributed by atoms with E-state index in [1.165, 1.54) is 7.11 Å². The SMILES string of the molecule is COC(=O)CC=Cc1ccc2cnn(C)c2c1. The molecule has 0 aliphatic heterocycles. The van der Waals surface area contributed by atoms with Crippen molar-refractivity contribution in [3.63, 3.8) is 0 Å². The lowest BCUT2D eigenvalue weighted by atomic mass is 10.1. The number of ether oxygens (including phenoxy) is 1. The number of aromatic nitrogens is 2. The molecule has 1 aromatic carbocycles. The first-order valence-electron chi connectivity index (χ1n) is 5.36. The number of benzene rings is 1. The number of hydrogen-bond donors (Lipinski definition) is 0. The summed E-state index contributed by atoms with van der Waals surface area (Å²) in [7, 11) is 3.29. The molecule has 1 aromatic heterocycles. The van der Waals surface area contributed by atoms with Crippen LogP contribution in [0.5, 0.6) is 0 Å². The van der Waals surface area contributed by atoms with Crippen molar-refractivity contribution in [1.82, 2.24) is 9.78 Å². The van der Waals surface area contributed by atoms with Gasteiger partial charge in [-0.15, -0.1) is 0 Å². The molecule has 0 atom stereocenters. The molecule has 0 unspecified atom stereocenters. The van der Waals surface area contributed by atoms with Gasteiger partial charge in [-0.1, -0.05) is 24.3 Å². The Morgan fingerprint density at radius 2 is 2.35 bits per heavy atom. The van der Waals surface area contributed by atoms with E-state index in [2.05, 4.69) is 9.84 Å². The number of nitrogens with zero attached hydrogens (tertiary/aromatic N) is 2. The van der Waals surface area contributed by atoms with Gasteiger partial charge >= 0.3 is 5.97 Å². The molecule has 17 heavy (non-hydrogen) atoms. The van der Waals surface area contributed by atoms with Gasteiger partial charge in [0, 0.05) is 12.4 Å². The van der Waals surface area contributed by atoms with Crippen molar-refractivity contribution < 1.29 is 9.53 Å². The van der Waals surface area contributed by atoms with E-state index in [0.717, 1.165) is 16.5 Å². The summed E-state index contributed by atoms with van der Waals surface area (Å²) in [5, 5.41) is 5.29. The Balaban J connectivity index is 2.19. The highest BCUT2D eigenvalue weighted by Gasteiger charge is 1.99. The van der Waals surface area contributed by atoms with Crippen LogP contribution in [0.3, 0.4) is 0 Å². The number of hydrogen-bond acceptors (Lipinski definition) is 3. The number of rotatable bonds is 3. The molecule has 0 N–H and O–H groups in total. The van der Waals surface area contributed by atoms with E-state index in [4.69, 9.17) is 0 Å². The van der Waals surface area contributed by atoms with E-state index in [0.29, 0.717) is 6.42 Å². The fraction of sp³-hybridized carbons (Fsp3) is 0.231. The number of methoxy groups -OCH3 is 1. The fourth-order valence-corrected chi connectivity index (χ4v) is 1.64. The van der Waals surface area contributed by atoms with Crippen LogP contribution in [0.25, 0.3) is 17.0 Å². The molecular formula is C13H14N2O2. The Morgan fingerprint density at radius 3 is 3.12 bits per heavy atom. The summed E-state index contributed by atoms with van der Waals surface area (Å²) in [4.78, 5) is 10.9. The van der Waals surface area contributed by atoms with Gasteiger partial charge in [0.25, 0.3) is 0 Å². The molecular weight excluding hydrogens is 216 g/mol. The first-order chi connectivity index (χ1) is 8.20. The van der Waals surface area contributed by atoms with Crippen LogP contribution in [0.4, 0.5) is 0 Å². The average molecular weight is 230 g/mol. The molecule has 0 amide bonds. The monoisotopic (exact) mass is 230 g/mol. The van der Waals surface area contributed by atoms with Gasteiger partial charge in [0.2, 0.25) is 0 Å². The first kappa shape index (κ1) is 11.4. The number of esters is 1. The molecule has 0 radical (unpaired) electrons. The zero-order valence-corrected chi connectivity index (χ0v) is 9.88. The van der Waals surface area contributed by atoms with Crippen molar-refractivity contribution in [2.75, 3.05) is 7.11 Å². The lowest BCUT2D eigenvalue weighted by Gasteiger charge is -1.97. The average Bonchev–Trinajstić information content (AvgIpc) is 2.71. The number of aryl methyl sites for hydroxylation is 1. The zero-order chi connectivity index (χ0) is 12.3. The predicted octanol–water partition coefficient (Wildman–Crippen LogP) is 2.15. The van der Waals surface area contributed by atoms with Crippen LogP contribution < -0.4 is 0 Å². The first-order valence-corrected chi connectivity index (χ1v) is 5.36. The normalized spacial score (nSPS) is 11.2. The van der Waals surface area contributed by atoms with Gasteiger partial charge in [0.15, 0.2) is 0 Å². The summed E-state index contributed by atoms with van der Waals surface area (Å²) in [6, 6.07) is 6.05. The largest absolute Gasteiger partial charge is 0.469 e. The van der Waals surface area contributed by atoms with Crippen LogP contribution in [0.1, 0.15) is 12.0 Å². The van der Waals surface area contributed by atoms with Crippen molar-refractivity contribution in [1.29, 1.82) is 0 Å². The number of carbonyl (C=O) groups excluding carboxylic acids is 1. The summed E-state index contributed by atoms with van der Waals surface area (Å²) >= 11 is 0. The molecule has 88 valence electrons. The summed E-state index contributed by atoms with van der Waals surface area (Å²) in [5.74, 6) is -0.233. The molecule has 0 fully saturated rings. The van der Waals surface area contributed by atoms with E-state index in [1.807, 2.05) is 42.2 Å². The summed E-state index contributed by atoms with van der Waals surface area (Å²) < 4.78 is 6.39. The van der Waals surface area contributed by atoms with Crippen LogP contribution >= 0.6 is 0 Å². The second kappa shape index (κ2) is 4.82. The molecule has 2 rings (SSSR count). The van der Waals surface area contributed by atoms with Gasteiger partial charge < -0.3 is 4.74 Å². The molecule has 0 spiro atoms. The van der Waals surface area contributed by atoms with Crippen molar-refractivity contribution in [3.05, 3.63) is 36.0 Å². The quantitative estimate of drug-likeness (QED) is 0.759. The highest BCUT2D eigenvalue weighted by Crippen LogP contribution is 2.15. The van der Waals surface area contributed by atoms with Crippen LogP contribution in [0.2, 0.25) is 0 Å². The summed E-state index contributed by atoms with van der Waals surface area (Å²) in [6.45, 7) is 0. The van der Waals surface area contributed by atoms with E-state index >= 15 is 0 Å². The molecule has 0 aliphatic carbocycles. The Bertz CT molecular complexity index is 570. The lowest BCUT2D eigenvalue weighted by molar-refractivity contribution is -0.139. The van der Waals surface area contributed by atoms with Crippen LogP contribution in [0, 0.1) is 0 Å².